The molecule has 141 heavy (non-hydrogen) atoms. The zero-order valence-corrected chi connectivity index (χ0v) is 84.9. The van der Waals surface area contributed by atoms with Gasteiger partial charge < -0.3 is 48.3 Å². The van der Waals surface area contributed by atoms with E-state index in [0.717, 1.165) is 44.4 Å². The second kappa shape index (κ2) is 42.3. The molecule has 36 heteroatoms. The number of imide groups is 3. The van der Waals surface area contributed by atoms with Crippen LogP contribution in [0.2, 0.25) is 23.3 Å². The number of carbonyl (C=O) groups excluding carboxylic acids is 11. The Kier molecular flexibility index (Phi) is 31.1. The van der Waals surface area contributed by atoms with Crippen LogP contribution in [0.15, 0.2) is 220 Å². The molecule has 1 saturated heterocycles. The summed E-state index contributed by atoms with van der Waals surface area (Å²) >= 11 is 6.11. The number of anilines is 2. The third kappa shape index (κ3) is 23.5. The van der Waals surface area contributed by atoms with Gasteiger partial charge in [0, 0.05) is 104 Å². The topological polar surface area (TPSA) is 381 Å². The molecule has 3 fully saturated rings. The van der Waals surface area contributed by atoms with Crippen LogP contribution in [0, 0.1) is 11.8 Å². The van der Waals surface area contributed by atoms with Crippen molar-refractivity contribution in [3.05, 3.63) is 280 Å². The van der Waals surface area contributed by atoms with Gasteiger partial charge in [-0.3, -0.25) is 43.4 Å². The predicted molar refractivity (Wildman–Crippen MR) is 540 cm³/mol. The van der Waals surface area contributed by atoms with E-state index in [0.29, 0.717) is 120 Å². The minimum absolute atomic E-state index is 0.0688. The number of ketones is 1. The largest absolute Gasteiger partial charge is 0.548 e. The average Bonchev–Trinajstić information content (AvgIpc) is 1.60. The first-order chi connectivity index (χ1) is 66.5. The quantitative estimate of drug-likeness (QED) is 0.0129. The maximum absolute atomic E-state index is 13.1. The van der Waals surface area contributed by atoms with Crippen molar-refractivity contribution in [2.24, 2.45) is 17.6 Å². The Balaban J connectivity index is 0.000000145. The number of nitrogens with zero attached hydrogens (tertiary/aromatic N) is 15. The SMILES string of the molecule is CC(=O)c1cnn2c(N(C)Cc3ccccc3)cc(Cl)nc12.CC(C)(C)OC(=O)n1cc(B2OC(C)(C)C(C)(C)O2)c2cccnc21.CC(C)(C)[Si](C)(C)O/C=C/N1C(=O)c2ccccc2C1=O.CC1C[C@H]1N.CCOC(=O)c1cnn2c(N(C)Cc3ccccc3)cc(-c3cn(C(=O)OC(C)(C)C)c4ncccc34)nc12.C[C@@H]1CC1N1C(=O)c2ccccc2C1=O.O=CCN1C(=O)c2ccccc2C1=O. The van der Waals surface area contributed by atoms with Crippen molar-refractivity contribution in [3.8, 4) is 11.3 Å². The van der Waals surface area contributed by atoms with Gasteiger partial charge >= 0.3 is 25.3 Å². The molecular formula is C105H118BClN16O17Si. The lowest BCUT2D eigenvalue weighted by atomic mass is 9.79. The number of aldehydes is 1. The highest BCUT2D eigenvalue weighted by molar-refractivity contribution is 6.74. The van der Waals surface area contributed by atoms with Gasteiger partial charge in [-0.25, -0.2) is 48.4 Å². The van der Waals surface area contributed by atoms with Gasteiger partial charge in [-0.1, -0.05) is 149 Å². The molecule has 734 valence electrons. The molecule has 12 heterocycles. The summed E-state index contributed by atoms with van der Waals surface area (Å²) < 4.78 is 40.6. The van der Waals surface area contributed by atoms with Crippen LogP contribution in [0.1, 0.15) is 225 Å². The number of pyridine rings is 2. The average molecular weight is 1950 g/mol. The normalized spacial score (nSPS) is 16.9. The first-order valence-corrected chi connectivity index (χ1v) is 49.6. The highest BCUT2D eigenvalue weighted by Crippen LogP contribution is 2.42. The Labute approximate surface area is 824 Å². The molecule has 2 N–H and O–H groups in total. The van der Waals surface area contributed by atoms with Gasteiger partial charge in [0.25, 0.3) is 35.4 Å². The molecular weight excluding hydrogens is 1830 g/mol. The van der Waals surface area contributed by atoms with Crippen molar-refractivity contribution in [2.75, 3.05) is 37.0 Å². The molecule has 6 aliphatic rings. The van der Waals surface area contributed by atoms with Gasteiger partial charge in [0.15, 0.2) is 17.1 Å². The smallest absolute Gasteiger partial charge is 0.497 e. The van der Waals surface area contributed by atoms with E-state index in [-0.39, 0.29) is 59.2 Å². The molecule has 13 aromatic rings. The van der Waals surface area contributed by atoms with Crippen LogP contribution >= 0.6 is 11.6 Å². The summed E-state index contributed by atoms with van der Waals surface area (Å²) in [6.07, 6.45) is 14.3. The first kappa shape index (κ1) is 104. The standard InChI is InChI=1S/C29H30N6O4.C18H25BN2O4.C16H15ClN4O.C16H21NO3Si.C12H11NO2.C10H7NO3.C4H9N/c1-6-38-27(36)21-16-31-35-24(33(5)17-19-11-8-7-9-12-19)15-23(32-26(21)35)22-18-34(28(37)39-29(2,3)4)25-20(22)13-10-14-30-25;1-16(2,3)23-15(22)21-11-13(12-9-8-10-20-14(12)21)19-24-17(4,5)18(6,7)25-19;1-11(22)13-9-18-21-15(8-14(17)19-16(13)21)20(2)10-12-6-4-3-5-7-12;1-16(2,3)21(4,5)20-11-10-17-14(18)12-8-6-7-9-13(12)15(17)19;1-7-6-10(7)13-11(14)8-4-2-3-5-9(8)12(13)15;12-6-5-11-9(13)7-3-1-2-4-8(7)10(11)14;1-3-2-4(3)5/h7-16,18H,6,17H2,1-5H3;8-11H,1-7H3;3-9H,10H2,1-2H3;6-11H,1-5H3;2-5,7,10H,6H2,1H3;1-4,6H,5H2;3-4H,2,5H2,1H3/b;;;11-10+;;;/t;;;;7-,10?;;3?,4-/m....1.1/s1. The Morgan fingerprint density at radius 1 is 0.560 bits per heavy atom. The molecule has 2 unspecified atom stereocenters. The van der Waals surface area contributed by atoms with Crippen LogP contribution in [0.3, 0.4) is 0 Å². The number of fused-ring (bicyclic) bond motifs is 7. The number of nitrogens with two attached hydrogens (primary N) is 1. The molecule has 8 aromatic heterocycles. The third-order valence-electron chi connectivity index (χ3n) is 24.9. The number of carbonyl (C=O) groups is 11. The molecule has 5 aromatic carbocycles. The zero-order chi connectivity index (χ0) is 102. The molecule has 6 amide bonds. The summed E-state index contributed by atoms with van der Waals surface area (Å²) in [4.78, 5) is 157. The van der Waals surface area contributed by atoms with Crippen LogP contribution in [-0.4, -0.2) is 206 Å². The van der Waals surface area contributed by atoms with E-state index in [9.17, 15) is 52.7 Å². The van der Waals surface area contributed by atoms with E-state index in [2.05, 4.69) is 85.0 Å². The van der Waals surface area contributed by atoms with Crippen molar-refractivity contribution in [1.82, 2.24) is 63.0 Å². The van der Waals surface area contributed by atoms with E-state index in [4.69, 9.17) is 50.3 Å². The summed E-state index contributed by atoms with van der Waals surface area (Å²) in [7, 11) is 1.39. The summed E-state index contributed by atoms with van der Waals surface area (Å²) in [5.74, 6) is 0.569. The summed E-state index contributed by atoms with van der Waals surface area (Å²) in [6, 6.07) is 52.3. The fraction of sp³-hybridized carbons (Fsp3) is 0.343. The number of hydrogen-bond donors (Lipinski definition) is 1. The number of ether oxygens (including phenoxy) is 3. The maximum Gasteiger partial charge on any atom is 0.497 e. The molecule has 19 rings (SSSR count). The lowest BCUT2D eigenvalue weighted by Gasteiger charge is -2.35. The number of rotatable bonds is 17. The van der Waals surface area contributed by atoms with E-state index >= 15 is 0 Å². The number of hydrogen-bond acceptors (Lipinski definition) is 26. The third-order valence-corrected chi connectivity index (χ3v) is 29.4. The van der Waals surface area contributed by atoms with Gasteiger partial charge in [0.05, 0.1) is 87.6 Å². The minimum atomic E-state index is -1.94. The van der Waals surface area contributed by atoms with Crippen molar-refractivity contribution in [3.63, 3.8) is 0 Å². The summed E-state index contributed by atoms with van der Waals surface area (Å²) in [5.41, 5.74) is 12.7. The van der Waals surface area contributed by atoms with Gasteiger partial charge in [-0.05, 0) is 192 Å². The van der Waals surface area contributed by atoms with E-state index in [1.165, 1.54) is 57.8 Å². The minimum Gasteiger partial charge on any atom is -0.548 e. The van der Waals surface area contributed by atoms with Crippen molar-refractivity contribution in [1.29, 1.82) is 0 Å². The van der Waals surface area contributed by atoms with E-state index in [1.54, 1.807) is 126 Å². The first-order valence-electron chi connectivity index (χ1n) is 46.3. The van der Waals surface area contributed by atoms with Crippen molar-refractivity contribution in [2.45, 2.75) is 196 Å². The zero-order valence-electron chi connectivity index (χ0n) is 83.1. The Hall–Kier alpha value is -14.5. The maximum atomic E-state index is 13.1. The molecule has 2 aliphatic carbocycles. The highest BCUT2D eigenvalue weighted by Gasteiger charge is 2.53. The van der Waals surface area contributed by atoms with Crippen LogP contribution in [0.4, 0.5) is 21.2 Å². The van der Waals surface area contributed by atoms with Crippen LogP contribution in [0.25, 0.3) is 44.6 Å². The molecule has 0 bridgehead atoms. The molecule has 0 spiro atoms. The molecule has 4 aliphatic heterocycles. The Bertz CT molecular complexity index is 6850. The lowest BCUT2D eigenvalue weighted by molar-refractivity contribution is -0.108. The number of amides is 6. The number of aromatic nitrogens is 10. The summed E-state index contributed by atoms with van der Waals surface area (Å²) in [6.45, 7) is 38.4. The number of Topliss-reactive ketones (excluding diaryl/α,β-unsaturated/α-hetero) is 1. The predicted octanol–water partition coefficient (Wildman–Crippen LogP) is 18.0. The van der Waals surface area contributed by atoms with Gasteiger partial charge in [-0.2, -0.15) is 19.2 Å². The van der Waals surface area contributed by atoms with Crippen LogP contribution < -0.4 is 21.0 Å². The van der Waals surface area contributed by atoms with Gasteiger partial charge in [0.1, 0.15) is 51.1 Å². The Morgan fingerprint density at radius 3 is 1.41 bits per heavy atom. The van der Waals surface area contributed by atoms with Crippen molar-refractivity contribution >= 4 is 143 Å². The summed E-state index contributed by atoms with van der Waals surface area (Å²) in [5, 5.41) is 10.7. The number of benzene rings is 5. The molecule has 33 nitrogen and oxygen atoms in total. The molecule has 2 saturated carbocycles. The number of esters is 1. The Morgan fingerprint density at radius 2 is 0.979 bits per heavy atom. The fourth-order valence-electron chi connectivity index (χ4n) is 15.2. The van der Waals surface area contributed by atoms with Crippen LogP contribution in [0.5, 0.6) is 0 Å². The second-order valence-corrected chi connectivity index (χ2v) is 44.6. The highest BCUT2D eigenvalue weighted by atomic mass is 35.5. The fourth-order valence-corrected chi connectivity index (χ4v) is 16.1. The van der Waals surface area contributed by atoms with Gasteiger partial charge in [-0.15, -0.1) is 0 Å². The van der Waals surface area contributed by atoms with E-state index < -0.39 is 67.8 Å². The van der Waals surface area contributed by atoms with Gasteiger partial charge in [0.2, 0.25) is 8.32 Å². The lowest BCUT2D eigenvalue weighted by Crippen LogP contribution is -2.41. The number of halogens is 1. The van der Waals surface area contributed by atoms with Crippen LogP contribution in [-0.2, 0) is 45.8 Å². The molecule has 4 atom stereocenters. The monoisotopic (exact) mass is 1950 g/mol. The second-order valence-electron chi connectivity index (χ2n) is 39.5. The van der Waals surface area contributed by atoms with Crippen molar-refractivity contribution < 1.29 is 80.7 Å². The van der Waals surface area contributed by atoms with E-state index in [1.807, 2.05) is 166 Å². The molecule has 0 radical (unpaired) electrons.